The fraction of sp³-hybridized carbons (Fsp3) is 0.286. The van der Waals surface area contributed by atoms with Crippen LogP contribution in [0.2, 0.25) is 0 Å². The summed E-state index contributed by atoms with van der Waals surface area (Å²) in [4.78, 5) is 20.7. The number of hydrogen-bond acceptors (Lipinski definition) is 3. The van der Waals surface area contributed by atoms with Gasteiger partial charge in [-0.2, -0.15) is 0 Å². The van der Waals surface area contributed by atoms with Crippen LogP contribution in [0.15, 0.2) is 70.6 Å². The average Bonchev–Trinajstić information content (AvgIpc) is 3.27. The minimum absolute atomic E-state index is 0.0434. The van der Waals surface area contributed by atoms with E-state index in [0.29, 0.717) is 6.54 Å². The number of carbonyl (C=O) groups excluding carboxylic acids is 1. The number of benzene rings is 2. The summed E-state index contributed by atoms with van der Waals surface area (Å²) in [6.45, 7) is 9.27. The lowest BCUT2D eigenvalue weighted by molar-refractivity contribution is -0.122. The van der Waals surface area contributed by atoms with E-state index in [-0.39, 0.29) is 5.91 Å². The third kappa shape index (κ3) is 4.83. The van der Waals surface area contributed by atoms with E-state index < -0.39 is 0 Å². The molecule has 0 N–H and O–H groups in total. The summed E-state index contributed by atoms with van der Waals surface area (Å²) in [7, 11) is 0. The van der Waals surface area contributed by atoms with Crippen LogP contribution in [0.5, 0.6) is 0 Å². The molecule has 1 amide bonds. The molecule has 0 unspecified atom stereocenters. The molecule has 4 nitrogen and oxygen atoms in total. The standard InChI is InChI=1S/C28H31N3OS/c1-5-7-17-30-27(32)26(33-28(30)29-24-14-9-8-10-15-24)19-23-18-20(3)31(21(23)4)25-16-12-11-13-22(25)6-2/h8-16,18-19H,5-7,17H2,1-4H3/b26-19-,29-28?. The van der Waals surface area contributed by atoms with Crippen molar-refractivity contribution in [2.45, 2.75) is 47.0 Å². The van der Waals surface area contributed by atoms with Crippen LogP contribution in [0.4, 0.5) is 5.69 Å². The smallest absolute Gasteiger partial charge is 0.266 e. The summed E-state index contributed by atoms with van der Waals surface area (Å²) in [5.74, 6) is 0.0434. The number of amides is 1. The number of para-hydroxylation sites is 2. The quantitative estimate of drug-likeness (QED) is 0.356. The van der Waals surface area contributed by atoms with Gasteiger partial charge in [-0.3, -0.25) is 9.69 Å². The number of aryl methyl sites for hydroxylation is 2. The Kier molecular flexibility index (Phi) is 7.19. The predicted molar refractivity (Wildman–Crippen MR) is 140 cm³/mol. The highest BCUT2D eigenvalue weighted by atomic mass is 32.2. The Hall–Kier alpha value is -3.05. The Morgan fingerprint density at radius 3 is 2.45 bits per heavy atom. The van der Waals surface area contributed by atoms with Crippen molar-refractivity contribution in [2.75, 3.05) is 6.54 Å². The molecule has 0 spiro atoms. The first-order valence-corrected chi connectivity index (χ1v) is 12.5. The number of nitrogens with zero attached hydrogens (tertiary/aromatic N) is 3. The number of thioether (sulfide) groups is 1. The molecule has 0 saturated carbocycles. The fourth-order valence-electron chi connectivity index (χ4n) is 4.19. The lowest BCUT2D eigenvalue weighted by atomic mass is 10.1. The van der Waals surface area contributed by atoms with Crippen LogP contribution >= 0.6 is 11.8 Å². The van der Waals surface area contributed by atoms with E-state index >= 15 is 0 Å². The van der Waals surface area contributed by atoms with E-state index in [9.17, 15) is 4.79 Å². The molecule has 2 aromatic carbocycles. The summed E-state index contributed by atoms with van der Waals surface area (Å²) in [6, 6.07) is 20.5. The van der Waals surface area contributed by atoms with E-state index in [4.69, 9.17) is 4.99 Å². The van der Waals surface area contributed by atoms with Crippen molar-refractivity contribution in [1.82, 2.24) is 9.47 Å². The van der Waals surface area contributed by atoms with Gasteiger partial charge in [-0.25, -0.2) is 4.99 Å². The molecule has 33 heavy (non-hydrogen) atoms. The number of unbranched alkanes of at least 4 members (excludes halogenated alkanes) is 1. The van der Waals surface area contributed by atoms with Crippen molar-refractivity contribution >= 4 is 34.6 Å². The molecule has 1 aliphatic rings. The molecule has 5 heteroatoms. The highest BCUT2D eigenvalue weighted by Gasteiger charge is 2.33. The minimum atomic E-state index is 0.0434. The summed E-state index contributed by atoms with van der Waals surface area (Å²) in [5, 5.41) is 0.760. The highest BCUT2D eigenvalue weighted by Crippen LogP contribution is 2.35. The third-order valence-electron chi connectivity index (χ3n) is 5.97. The van der Waals surface area contributed by atoms with Crippen LogP contribution in [0.1, 0.15) is 49.2 Å². The third-order valence-corrected chi connectivity index (χ3v) is 6.98. The summed E-state index contributed by atoms with van der Waals surface area (Å²) < 4.78 is 2.29. The topological polar surface area (TPSA) is 37.6 Å². The molecule has 1 fully saturated rings. The zero-order valence-corrected chi connectivity index (χ0v) is 20.7. The van der Waals surface area contributed by atoms with Crippen molar-refractivity contribution in [3.05, 3.63) is 88.1 Å². The zero-order valence-electron chi connectivity index (χ0n) is 19.8. The molecule has 3 aromatic rings. The highest BCUT2D eigenvalue weighted by molar-refractivity contribution is 8.18. The molecule has 1 saturated heterocycles. The van der Waals surface area contributed by atoms with Gasteiger partial charge in [0, 0.05) is 23.6 Å². The molecular formula is C28H31N3OS. The fourth-order valence-corrected chi connectivity index (χ4v) is 5.21. The molecule has 0 aliphatic carbocycles. The number of amidine groups is 1. The normalized spacial score (nSPS) is 16.4. The lowest BCUT2D eigenvalue weighted by Crippen LogP contribution is -2.30. The molecule has 2 heterocycles. The number of hydrogen-bond donors (Lipinski definition) is 0. The second-order valence-corrected chi connectivity index (χ2v) is 9.30. The molecule has 0 radical (unpaired) electrons. The van der Waals surface area contributed by atoms with Gasteiger partial charge in [0.2, 0.25) is 0 Å². The van der Waals surface area contributed by atoms with Crippen LogP contribution in [0.25, 0.3) is 11.8 Å². The number of aromatic nitrogens is 1. The Morgan fingerprint density at radius 2 is 1.73 bits per heavy atom. The number of aliphatic imine (C=N–C) groups is 1. The Morgan fingerprint density at radius 1 is 1.00 bits per heavy atom. The van der Waals surface area contributed by atoms with Gasteiger partial charge in [-0.1, -0.05) is 56.7 Å². The minimum Gasteiger partial charge on any atom is -0.318 e. The molecule has 1 aliphatic heterocycles. The van der Waals surface area contributed by atoms with E-state index in [1.165, 1.54) is 23.0 Å². The zero-order chi connectivity index (χ0) is 23.4. The van der Waals surface area contributed by atoms with E-state index in [1.54, 1.807) is 0 Å². The van der Waals surface area contributed by atoms with E-state index in [2.05, 4.69) is 62.6 Å². The lowest BCUT2D eigenvalue weighted by Gasteiger charge is -2.14. The maximum Gasteiger partial charge on any atom is 0.266 e. The van der Waals surface area contributed by atoms with Crippen molar-refractivity contribution in [1.29, 1.82) is 0 Å². The Labute approximate surface area is 201 Å². The SMILES string of the molecule is CCCCN1C(=O)/C(=C/c2cc(C)n(-c3ccccc3CC)c2C)SC1=Nc1ccccc1. The van der Waals surface area contributed by atoms with Crippen LogP contribution in [0.3, 0.4) is 0 Å². The van der Waals surface area contributed by atoms with Gasteiger partial charge in [0.25, 0.3) is 5.91 Å². The van der Waals surface area contributed by atoms with Gasteiger partial charge in [0.15, 0.2) is 5.17 Å². The van der Waals surface area contributed by atoms with Gasteiger partial charge in [-0.05, 0) is 79.9 Å². The average molecular weight is 458 g/mol. The molecule has 0 atom stereocenters. The summed E-state index contributed by atoms with van der Waals surface area (Å²) in [5.41, 5.74) is 6.77. The molecule has 4 rings (SSSR count). The first-order chi connectivity index (χ1) is 16.0. The monoisotopic (exact) mass is 457 g/mol. The molecule has 0 bridgehead atoms. The van der Waals surface area contributed by atoms with Gasteiger partial charge in [-0.15, -0.1) is 0 Å². The van der Waals surface area contributed by atoms with Gasteiger partial charge >= 0.3 is 0 Å². The Balaban J connectivity index is 1.72. The van der Waals surface area contributed by atoms with Gasteiger partial charge in [0.1, 0.15) is 0 Å². The van der Waals surface area contributed by atoms with Crippen LogP contribution in [-0.4, -0.2) is 27.1 Å². The maximum atomic E-state index is 13.3. The van der Waals surface area contributed by atoms with E-state index in [0.717, 1.165) is 52.0 Å². The molecular weight excluding hydrogens is 426 g/mol. The number of rotatable bonds is 7. The van der Waals surface area contributed by atoms with Gasteiger partial charge < -0.3 is 4.57 Å². The van der Waals surface area contributed by atoms with Crippen LogP contribution in [-0.2, 0) is 11.2 Å². The van der Waals surface area contributed by atoms with E-state index in [1.807, 2.05) is 41.3 Å². The second-order valence-electron chi connectivity index (χ2n) is 8.30. The summed E-state index contributed by atoms with van der Waals surface area (Å²) >= 11 is 1.47. The molecule has 1 aromatic heterocycles. The van der Waals surface area contributed by atoms with Crippen molar-refractivity contribution in [2.24, 2.45) is 4.99 Å². The summed E-state index contributed by atoms with van der Waals surface area (Å²) in [6.07, 6.45) is 5.00. The number of carbonyl (C=O) groups is 1. The van der Waals surface area contributed by atoms with Crippen LogP contribution < -0.4 is 0 Å². The largest absolute Gasteiger partial charge is 0.318 e. The second kappa shape index (κ2) is 10.3. The van der Waals surface area contributed by atoms with Crippen LogP contribution in [0, 0.1) is 13.8 Å². The first kappa shape index (κ1) is 23.1. The van der Waals surface area contributed by atoms with Crippen molar-refractivity contribution in [3.63, 3.8) is 0 Å². The molecule has 170 valence electrons. The maximum absolute atomic E-state index is 13.3. The van der Waals surface area contributed by atoms with Crippen molar-refractivity contribution < 1.29 is 4.79 Å². The predicted octanol–water partition coefficient (Wildman–Crippen LogP) is 7.06. The van der Waals surface area contributed by atoms with Crippen molar-refractivity contribution in [3.8, 4) is 5.69 Å². The first-order valence-electron chi connectivity index (χ1n) is 11.7. The Bertz CT molecular complexity index is 1210. The van der Waals surface area contributed by atoms with Gasteiger partial charge in [0.05, 0.1) is 10.6 Å².